The number of likely N-dealkylation sites (tertiary alicyclic amines) is 1. The van der Waals surface area contributed by atoms with Crippen LogP contribution in [0.3, 0.4) is 0 Å². The van der Waals surface area contributed by atoms with Crippen LogP contribution < -0.4 is 5.32 Å². The van der Waals surface area contributed by atoms with Crippen LogP contribution in [0.25, 0.3) is 22.0 Å². The molecule has 1 aromatic rings. The van der Waals surface area contributed by atoms with Gasteiger partial charge in [0.2, 0.25) is 0 Å². The maximum absolute atomic E-state index is 12.4. The van der Waals surface area contributed by atoms with Gasteiger partial charge in [-0.2, -0.15) is 5.10 Å². The molecule has 2 aliphatic carbocycles. The summed E-state index contributed by atoms with van der Waals surface area (Å²) in [7, 11) is 1.74. The van der Waals surface area contributed by atoms with Gasteiger partial charge in [-0.1, -0.05) is 0 Å². The molecule has 4 rings (SSSR count). The number of piperidine rings is 1. The van der Waals surface area contributed by atoms with Crippen LogP contribution in [0.2, 0.25) is 0 Å². The fraction of sp³-hybridized carbons (Fsp3) is 0.529. The molecule has 23 heavy (non-hydrogen) atoms. The van der Waals surface area contributed by atoms with E-state index >= 15 is 0 Å². The largest absolute Gasteiger partial charge is 0.383 e. The predicted molar refractivity (Wildman–Crippen MR) is 88.5 cm³/mol. The Kier molecular flexibility index (Phi) is 3.79. The summed E-state index contributed by atoms with van der Waals surface area (Å²) in [6.07, 6.45) is 2.25. The van der Waals surface area contributed by atoms with E-state index in [1.165, 1.54) is 11.1 Å². The Morgan fingerprint density at radius 3 is 3.04 bits per heavy atom. The minimum atomic E-state index is -0.0423. The number of aromatic nitrogens is 2. The molecule has 0 bridgehead atoms. The topological polar surface area (TPSA) is 70.2 Å². The number of ether oxygens (including phenoxy) is 1. The molecule has 0 atom stereocenters. The molecule has 0 spiro atoms. The van der Waals surface area contributed by atoms with Gasteiger partial charge in [0, 0.05) is 31.1 Å². The molecule has 0 saturated carbocycles. The first-order valence-corrected chi connectivity index (χ1v) is 8.28. The Morgan fingerprint density at radius 1 is 1.43 bits per heavy atom. The number of fused-ring (bicyclic) bond motifs is 3. The van der Waals surface area contributed by atoms with Crippen LogP contribution in [-0.2, 0) is 4.74 Å². The Labute approximate surface area is 135 Å². The number of amides is 1. The maximum atomic E-state index is 12.4. The van der Waals surface area contributed by atoms with Crippen molar-refractivity contribution in [2.75, 3.05) is 39.9 Å². The van der Waals surface area contributed by atoms with Crippen molar-refractivity contribution in [1.82, 2.24) is 20.4 Å². The molecule has 0 aromatic carbocycles. The van der Waals surface area contributed by atoms with Crippen molar-refractivity contribution in [3.63, 3.8) is 0 Å². The lowest BCUT2D eigenvalue weighted by atomic mass is 9.97. The minimum Gasteiger partial charge on any atom is -0.383 e. The Balaban J connectivity index is 1.28. The van der Waals surface area contributed by atoms with Gasteiger partial charge in [-0.25, -0.2) is 0 Å². The summed E-state index contributed by atoms with van der Waals surface area (Å²) in [5, 5.41) is 11.1. The molecule has 1 amide bonds. The van der Waals surface area contributed by atoms with Crippen molar-refractivity contribution >= 4 is 16.8 Å². The van der Waals surface area contributed by atoms with Gasteiger partial charge in [-0.05, 0) is 49.5 Å². The first kappa shape index (κ1) is 14.7. The quantitative estimate of drug-likeness (QED) is 0.725. The number of nitrogens with zero attached hydrogens (tertiary/aromatic N) is 2. The van der Waals surface area contributed by atoms with E-state index in [1.807, 2.05) is 6.07 Å². The average molecular weight is 314 g/mol. The average Bonchev–Trinajstić information content (AvgIpc) is 3.05. The Hall–Kier alpha value is -1.92. The number of aromatic amines is 1. The van der Waals surface area contributed by atoms with Gasteiger partial charge in [-0.3, -0.25) is 9.89 Å². The van der Waals surface area contributed by atoms with Crippen molar-refractivity contribution in [2.45, 2.75) is 12.8 Å². The minimum absolute atomic E-state index is 0.0423. The molecule has 3 aliphatic rings. The molecule has 6 nitrogen and oxygen atoms in total. The number of nitrogens with one attached hydrogen (secondary N) is 2. The highest BCUT2D eigenvalue weighted by atomic mass is 16.5. The summed E-state index contributed by atoms with van der Waals surface area (Å²) in [4.78, 5) is 14.8. The highest BCUT2D eigenvalue weighted by molar-refractivity contribution is 6.14. The second kappa shape index (κ2) is 5.94. The lowest BCUT2D eigenvalue weighted by Crippen LogP contribution is -2.39. The van der Waals surface area contributed by atoms with Crippen molar-refractivity contribution in [3.05, 3.63) is 17.8 Å². The fourth-order valence-corrected chi connectivity index (χ4v) is 3.43. The van der Waals surface area contributed by atoms with Gasteiger partial charge in [-0.15, -0.1) is 0 Å². The zero-order valence-electron chi connectivity index (χ0n) is 13.4. The second-order valence-corrected chi connectivity index (χ2v) is 6.51. The van der Waals surface area contributed by atoms with Crippen LogP contribution in [0.4, 0.5) is 0 Å². The number of carbonyl (C=O) groups excluding carboxylic acids is 1. The monoisotopic (exact) mass is 314 g/mol. The summed E-state index contributed by atoms with van der Waals surface area (Å²) in [6.45, 7) is 4.70. The molecule has 1 aromatic heterocycles. The van der Waals surface area contributed by atoms with Crippen molar-refractivity contribution in [2.24, 2.45) is 5.92 Å². The number of hydrogen-bond donors (Lipinski definition) is 2. The molecule has 2 heterocycles. The number of carbonyl (C=O) groups is 1. The van der Waals surface area contributed by atoms with Crippen LogP contribution in [0.5, 0.6) is 0 Å². The first-order valence-electron chi connectivity index (χ1n) is 8.28. The third-order valence-corrected chi connectivity index (χ3v) is 4.98. The summed E-state index contributed by atoms with van der Waals surface area (Å²) < 4.78 is 5.12. The highest BCUT2D eigenvalue weighted by Gasteiger charge is 2.25. The van der Waals surface area contributed by atoms with E-state index in [0.717, 1.165) is 56.5 Å². The van der Waals surface area contributed by atoms with E-state index in [4.69, 9.17) is 4.74 Å². The number of H-pyrrole nitrogens is 1. The first-order chi connectivity index (χ1) is 11.3. The SMILES string of the molecule is COCCN1CCC(CNC(=O)c2[nH]nc3c4cc-4cc23)CC1. The summed E-state index contributed by atoms with van der Waals surface area (Å²) in [6, 6.07) is 4.12. The number of methoxy groups -OCH3 is 1. The van der Waals surface area contributed by atoms with E-state index < -0.39 is 0 Å². The van der Waals surface area contributed by atoms with Gasteiger partial charge in [0.15, 0.2) is 0 Å². The molecule has 0 radical (unpaired) electrons. The number of hydrogen-bond acceptors (Lipinski definition) is 4. The third-order valence-electron chi connectivity index (χ3n) is 4.98. The van der Waals surface area contributed by atoms with E-state index in [-0.39, 0.29) is 5.91 Å². The molecule has 6 heteroatoms. The normalized spacial score (nSPS) is 17.6. The molecule has 1 aliphatic heterocycles. The van der Waals surface area contributed by atoms with Crippen LogP contribution in [0.1, 0.15) is 23.3 Å². The zero-order chi connectivity index (χ0) is 15.8. The van der Waals surface area contributed by atoms with Gasteiger partial charge < -0.3 is 15.0 Å². The van der Waals surface area contributed by atoms with Crippen LogP contribution >= 0.6 is 0 Å². The molecule has 1 saturated heterocycles. The Morgan fingerprint density at radius 2 is 2.26 bits per heavy atom. The van der Waals surface area contributed by atoms with Gasteiger partial charge in [0.25, 0.3) is 5.91 Å². The standard InChI is InChI=1S/C17H22N4O2/c1-23-7-6-21-4-2-11(3-5-21)10-18-17(22)16-14-9-12-8-13(12)15(14)19-20-16/h8-9,11H,2-7,10H2,1H3,(H,18,22)(H,19,20). The smallest absolute Gasteiger partial charge is 0.269 e. The third kappa shape index (κ3) is 2.84. The van der Waals surface area contributed by atoms with Crippen LogP contribution in [0, 0.1) is 5.92 Å². The molecule has 0 unspecified atom stereocenters. The molecule has 2 N–H and O–H groups in total. The van der Waals surface area contributed by atoms with Gasteiger partial charge in [0.05, 0.1) is 6.61 Å². The lowest BCUT2D eigenvalue weighted by molar-refractivity contribution is 0.0922. The van der Waals surface area contributed by atoms with E-state index in [2.05, 4.69) is 26.5 Å². The van der Waals surface area contributed by atoms with Crippen LogP contribution in [-0.4, -0.2) is 60.9 Å². The predicted octanol–water partition coefficient (Wildman–Crippen LogP) is 1.63. The van der Waals surface area contributed by atoms with Crippen molar-refractivity contribution in [3.8, 4) is 11.1 Å². The van der Waals surface area contributed by atoms with Gasteiger partial charge in [0.1, 0.15) is 11.2 Å². The molecule has 1 fully saturated rings. The number of benzene rings is 1. The van der Waals surface area contributed by atoms with E-state index in [1.54, 1.807) is 7.11 Å². The van der Waals surface area contributed by atoms with E-state index in [9.17, 15) is 4.79 Å². The summed E-state index contributed by atoms with van der Waals surface area (Å²) in [5.74, 6) is 0.516. The summed E-state index contributed by atoms with van der Waals surface area (Å²) in [5.41, 5.74) is 3.92. The maximum Gasteiger partial charge on any atom is 0.269 e. The molecular formula is C17H22N4O2. The second-order valence-electron chi connectivity index (χ2n) is 6.51. The highest BCUT2D eigenvalue weighted by Crippen LogP contribution is 2.42. The number of rotatable bonds is 6. The van der Waals surface area contributed by atoms with Gasteiger partial charge >= 0.3 is 0 Å². The Bertz CT molecular complexity index is 732. The lowest BCUT2D eigenvalue weighted by Gasteiger charge is -2.31. The fourth-order valence-electron chi connectivity index (χ4n) is 3.43. The summed E-state index contributed by atoms with van der Waals surface area (Å²) >= 11 is 0. The zero-order valence-corrected chi connectivity index (χ0v) is 13.4. The van der Waals surface area contributed by atoms with Crippen molar-refractivity contribution in [1.29, 1.82) is 0 Å². The van der Waals surface area contributed by atoms with Crippen molar-refractivity contribution < 1.29 is 9.53 Å². The van der Waals surface area contributed by atoms with Crippen LogP contribution in [0.15, 0.2) is 12.1 Å². The van der Waals surface area contributed by atoms with E-state index in [0.29, 0.717) is 11.6 Å². The molecule has 122 valence electrons. The molecular weight excluding hydrogens is 292 g/mol.